The molecule has 1 aliphatic heterocycles. The summed E-state index contributed by atoms with van der Waals surface area (Å²) in [5.74, 6) is -0.0655. The predicted molar refractivity (Wildman–Crippen MR) is 71.5 cm³/mol. The molecule has 0 aromatic heterocycles. The molecular weight excluding hydrogens is 228 g/mol. The van der Waals surface area contributed by atoms with Crippen molar-refractivity contribution in [1.29, 1.82) is 0 Å². The van der Waals surface area contributed by atoms with E-state index in [0.717, 1.165) is 25.0 Å². The van der Waals surface area contributed by atoms with E-state index in [4.69, 9.17) is 10.5 Å². The highest BCUT2D eigenvalue weighted by molar-refractivity contribution is 5.96. The molecule has 1 saturated heterocycles. The Hall–Kier alpha value is -1.55. The maximum absolute atomic E-state index is 12.1. The van der Waals surface area contributed by atoms with E-state index in [1.165, 1.54) is 0 Å². The summed E-state index contributed by atoms with van der Waals surface area (Å²) in [6.45, 7) is 5.26. The number of hydrogen-bond donors (Lipinski definition) is 2. The van der Waals surface area contributed by atoms with Gasteiger partial charge in [-0.3, -0.25) is 4.79 Å². The zero-order valence-electron chi connectivity index (χ0n) is 11.0. The molecule has 1 fully saturated rings. The molecule has 4 heteroatoms. The van der Waals surface area contributed by atoms with Gasteiger partial charge in [-0.05, 0) is 50.5 Å². The lowest BCUT2D eigenvalue weighted by molar-refractivity contribution is 0.0206. The second-order valence-electron chi connectivity index (χ2n) is 5.16. The summed E-state index contributed by atoms with van der Waals surface area (Å²) < 4.78 is 5.64. The molecule has 1 aromatic carbocycles. The fourth-order valence-corrected chi connectivity index (χ4v) is 2.28. The lowest BCUT2D eigenvalue weighted by Crippen LogP contribution is -2.40. The third-order valence-corrected chi connectivity index (χ3v) is 3.42. The fourth-order valence-electron chi connectivity index (χ4n) is 2.28. The second-order valence-corrected chi connectivity index (χ2v) is 5.16. The number of ether oxygens (including phenoxy) is 1. The summed E-state index contributed by atoms with van der Waals surface area (Å²) in [6, 6.07) is 5.32. The van der Waals surface area contributed by atoms with Crippen LogP contribution in [0.1, 0.15) is 35.7 Å². The maximum Gasteiger partial charge on any atom is 0.251 e. The highest BCUT2D eigenvalue weighted by Gasteiger charge is 2.30. The van der Waals surface area contributed by atoms with Crippen LogP contribution in [0.15, 0.2) is 18.2 Å². The molecule has 0 spiro atoms. The molecule has 1 aromatic rings. The van der Waals surface area contributed by atoms with Gasteiger partial charge < -0.3 is 15.8 Å². The molecule has 0 bridgehead atoms. The first-order chi connectivity index (χ1) is 8.50. The molecule has 18 heavy (non-hydrogen) atoms. The van der Waals surface area contributed by atoms with Crippen LogP contribution in [0.25, 0.3) is 0 Å². The summed E-state index contributed by atoms with van der Waals surface area (Å²) >= 11 is 0. The minimum atomic E-state index is -0.211. The molecule has 1 amide bonds. The van der Waals surface area contributed by atoms with Gasteiger partial charge in [-0.2, -0.15) is 0 Å². The summed E-state index contributed by atoms with van der Waals surface area (Å²) in [4.78, 5) is 12.1. The maximum atomic E-state index is 12.1. The van der Waals surface area contributed by atoms with Gasteiger partial charge in [-0.15, -0.1) is 0 Å². The van der Waals surface area contributed by atoms with Crippen LogP contribution in [0.4, 0.5) is 5.69 Å². The van der Waals surface area contributed by atoms with Gasteiger partial charge in [0.1, 0.15) is 0 Å². The Morgan fingerprint density at radius 1 is 1.56 bits per heavy atom. The van der Waals surface area contributed by atoms with Crippen molar-refractivity contribution in [3.05, 3.63) is 29.3 Å². The molecule has 0 saturated carbocycles. The van der Waals surface area contributed by atoms with Gasteiger partial charge in [-0.1, -0.05) is 0 Å². The smallest absolute Gasteiger partial charge is 0.251 e. The first-order valence-electron chi connectivity index (χ1n) is 6.28. The van der Waals surface area contributed by atoms with Gasteiger partial charge in [0.15, 0.2) is 0 Å². The third kappa shape index (κ3) is 2.82. The number of aryl methyl sites for hydroxylation is 1. The monoisotopic (exact) mass is 248 g/mol. The molecule has 3 N–H and O–H groups in total. The lowest BCUT2D eigenvalue weighted by Gasteiger charge is -2.23. The Labute approximate surface area is 108 Å². The van der Waals surface area contributed by atoms with E-state index in [1.54, 1.807) is 12.1 Å². The van der Waals surface area contributed by atoms with Gasteiger partial charge in [0.2, 0.25) is 0 Å². The van der Waals surface area contributed by atoms with Gasteiger partial charge in [-0.25, -0.2) is 0 Å². The van der Waals surface area contributed by atoms with Crippen LogP contribution in [0, 0.1) is 6.92 Å². The Morgan fingerprint density at radius 3 is 2.94 bits per heavy atom. The number of carbonyl (C=O) groups is 1. The average Bonchev–Trinajstić information content (AvgIpc) is 2.74. The van der Waals surface area contributed by atoms with Gasteiger partial charge in [0.05, 0.1) is 5.60 Å². The molecule has 4 nitrogen and oxygen atoms in total. The van der Waals surface area contributed by atoms with E-state index < -0.39 is 0 Å². The van der Waals surface area contributed by atoms with Gasteiger partial charge in [0, 0.05) is 24.4 Å². The summed E-state index contributed by atoms with van der Waals surface area (Å²) in [5, 5.41) is 2.94. The Bertz CT molecular complexity index is 451. The Kier molecular flexibility index (Phi) is 3.57. The van der Waals surface area contributed by atoms with Crippen molar-refractivity contribution in [2.24, 2.45) is 0 Å². The molecule has 0 aliphatic carbocycles. The first-order valence-corrected chi connectivity index (χ1v) is 6.28. The highest BCUT2D eigenvalue weighted by atomic mass is 16.5. The fraction of sp³-hybridized carbons (Fsp3) is 0.500. The molecule has 1 heterocycles. The molecule has 1 aliphatic rings. The van der Waals surface area contributed by atoms with Crippen molar-refractivity contribution in [3.8, 4) is 0 Å². The van der Waals surface area contributed by atoms with E-state index in [-0.39, 0.29) is 11.5 Å². The van der Waals surface area contributed by atoms with E-state index in [9.17, 15) is 4.79 Å². The van der Waals surface area contributed by atoms with E-state index in [0.29, 0.717) is 17.8 Å². The zero-order chi connectivity index (χ0) is 13.2. The van der Waals surface area contributed by atoms with Crippen molar-refractivity contribution < 1.29 is 9.53 Å². The number of hydrogen-bond acceptors (Lipinski definition) is 3. The number of anilines is 1. The minimum Gasteiger partial charge on any atom is -0.399 e. The summed E-state index contributed by atoms with van der Waals surface area (Å²) in [5.41, 5.74) is 7.70. The Morgan fingerprint density at radius 2 is 2.33 bits per heavy atom. The average molecular weight is 248 g/mol. The molecule has 2 rings (SSSR count). The van der Waals surface area contributed by atoms with Crippen LogP contribution >= 0.6 is 0 Å². The number of benzene rings is 1. The van der Waals surface area contributed by atoms with Crippen molar-refractivity contribution in [3.63, 3.8) is 0 Å². The minimum absolute atomic E-state index is 0.0655. The normalized spacial score (nSPS) is 23.0. The second kappa shape index (κ2) is 4.98. The molecule has 1 atom stereocenters. The van der Waals surface area contributed by atoms with Gasteiger partial charge >= 0.3 is 0 Å². The van der Waals surface area contributed by atoms with E-state index in [2.05, 4.69) is 5.32 Å². The summed E-state index contributed by atoms with van der Waals surface area (Å²) in [7, 11) is 0. The SMILES string of the molecule is Cc1cc(N)ccc1C(=O)NCC1(C)CCCO1. The molecular formula is C14H20N2O2. The number of nitrogens with one attached hydrogen (secondary N) is 1. The van der Waals surface area contributed by atoms with Crippen molar-refractivity contribution in [2.45, 2.75) is 32.3 Å². The standard InChI is InChI=1S/C14H20N2O2/c1-10-8-11(15)4-5-12(10)13(17)16-9-14(2)6-3-7-18-14/h4-5,8H,3,6-7,9,15H2,1-2H3,(H,16,17). The first kappa shape index (κ1) is 12.9. The van der Waals surface area contributed by atoms with Crippen molar-refractivity contribution >= 4 is 11.6 Å². The van der Waals surface area contributed by atoms with Crippen molar-refractivity contribution in [1.82, 2.24) is 5.32 Å². The number of nitrogen functional groups attached to an aromatic ring is 1. The molecule has 1 unspecified atom stereocenters. The lowest BCUT2D eigenvalue weighted by atomic mass is 10.0. The number of amides is 1. The third-order valence-electron chi connectivity index (χ3n) is 3.42. The van der Waals surface area contributed by atoms with Crippen LogP contribution in [-0.4, -0.2) is 24.7 Å². The molecule has 98 valence electrons. The topological polar surface area (TPSA) is 64.4 Å². The van der Waals surface area contributed by atoms with Crippen LogP contribution in [0.3, 0.4) is 0 Å². The van der Waals surface area contributed by atoms with Crippen LogP contribution < -0.4 is 11.1 Å². The van der Waals surface area contributed by atoms with Gasteiger partial charge in [0.25, 0.3) is 5.91 Å². The highest BCUT2D eigenvalue weighted by Crippen LogP contribution is 2.24. The summed E-state index contributed by atoms with van der Waals surface area (Å²) in [6.07, 6.45) is 2.06. The van der Waals surface area contributed by atoms with Crippen LogP contribution in [-0.2, 0) is 4.74 Å². The van der Waals surface area contributed by atoms with Crippen LogP contribution in [0.2, 0.25) is 0 Å². The number of rotatable bonds is 3. The number of nitrogens with two attached hydrogens (primary N) is 1. The zero-order valence-corrected chi connectivity index (χ0v) is 11.0. The van der Waals surface area contributed by atoms with E-state index in [1.807, 2.05) is 19.9 Å². The van der Waals surface area contributed by atoms with Crippen LogP contribution in [0.5, 0.6) is 0 Å². The predicted octanol–water partition coefficient (Wildman–Crippen LogP) is 1.88. The molecule has 0 radical (unpaired) electrons. The largest absolute Gasteiger partial charge is 0.399 e. The quantitative estimate of drug-likeness (QED) is 0.803. The Balaban J connectivity index is 1.99. The van der Waals surface area contributed by atoms with E-state index >= 15 is 0 Å². The van der Waals surface area contributed by atoms with Crippen molar-refractivity contribution in [2.75, 3.05) is 18.9 Å². The number of carbonyl (C=O) groups excluding carboxylic acids is 1.